The van der Waals surface area contributed by atoms with Crippen LogP contribution < -0.4 is 10.9 Å². The lowest BCUT2D eigenvalue weighted by Crippen LogP contribution is -2.14. The number of nitrogens with one attached hydrogen (secondary N) is 2. The molecule has 2 nitrogen and oxygen atoms in total. The number of hydrazine groups is 1. The minimum absolute atomic E-state index is 1.09. The Hall–Kier alpha value is -1.02. The van der Waals surface area contributed by atoms with Crippen LogP contribution in [0.15, 0.2) is 24.3 Å². The SMILES string of the molecule is CNNc1ccc(C)cc1. The van der Waals surface area contributed by atoms with E-state index >= 15 is 0 Å². The largest absolute Gasteiger partial charge is 0.322 e. The summed E-state index contributed by atoms with van der Waals surface area (Å²) in [6.07, 6.45) is 0. The Bertz CT molecular complexity index is 191. The molecule has 0 saturated heterocycles. The van der Waals surface area contributed by atoms with Crippen LogP contribution in [0.3, 0.4) is 0 Å². The maximum Gasteiger partial charge on any atom is 0.0487 e. The van der Waals surface area contributed by atoms with Gasteiger partial charge in [0, 0.05) is 12.7 Å². The highest BCUT2D eigenvalue weighted by atomic mass is 15.3. The van der Waals surface area contributed by atoms with Gasteiger partial charge in [-0.25, -0.2) is 5.43 Å². The van der Waals surface area contributed by atoms with Gasteiger partial charge in [-0.2, -0.15) is 0 Å². The molecule has 0 spiro atoms. The van der Waals surface area contributed by atoms with Crippen LogP contribution >= 0.6 is 0 Å². The molecule has 2 N–H and O–H groups in total. The molecular formula is C8H12N2. The van der Waals surface area contributed by atoms with Crippen LogP contribution in [0.2, 0.25) is 0 Å². The lowest BCUT2D eigenvalue weighted by molar-refractivity contribution is 0.984. The number of hydrogen-bond acceptors (Lipinski definition) is 2. The lowest BCUT2D eigenvalue weighted by Gasteiger charge is -2.02. The first-order valence-corrected chi connectivity index (χ1v) is 3.32. The molecule has 0 amide bonds. The minimum atomic E-state index is 1.09. The summed E-state index contributed by atoms with van der Waals surface area (Å²) in [6.45, 7) is 2.07. The minimum Gasteiger partial charge on any atom is -0.322 e. The Morgan fingerprint density at radius 2 is 1.70 bits per heavy atom. The second-order valence-electron chi connectivity index (χ2n) is 2.24. The zero-order chi connectivity index (χ0) is 7.40. The first-order valence-electron chi connectivity index (χ1n) is 3.32. The van der Waals surface area contributed by atoms with Gasteiger partial charge in [0.15, 0.2) is 0 Å². The van der Waals surface area contributed by atoms with Gasteiger partial charge in [-0.3, -0.25) is 0 Å². The molecule has 0 heterocycles. The number of aryl methyl sites for hydroxylation is 1. The zero-order valence-electron chi connectivity index (χ0n) is 6.31. The van der Waals surface area contributed by atoms with E-state index in [0.717, 1.165) is 5.69 Å². The van der Waals surface area contributed by atoms with E-state index in [1.165, 1.54) is 5.56 Å². The van der Waals surface area contributed by atoms with E-state index in [1.54, 1.807) is 0 Å². The van der Waals surface area contributed by atoms with Crippen LogP contribution in [-0.2, 0) is 0 Å². The van der Waals surface area contributed by atoms with E-state index < -0.39 is 0 Å². The van der Waals surface area contributed by atoms with Crippen molar-refractivity contribution in [3.8, 4) is 0 Å². The lowest BCUT2D eigenvalue weighted by atomic mass is 10.2. The summed E-state index contributed by atoms with van der Waals surface area (Å²) < 4.78 is 0. The average molecular weight is 136 g/mol. The highest BCUT2D eigenvalue weighted by Crippen LogP contribution is 2.06. The molecular weight excluding hydrogens is 124 g/mol. The second kappa shape index (κ2) is 3.22. The summed E-state index contributed by atoms with van der Waals surface area (Å²) >= 11 is 0. The molecule has 0 aromatic heterocycles. The van der Waals surface area contributed by atoms with Crippen LogP contribution in [0.25, 0.3) is 0 Å². The molecule has 54 valence electrons. The molecule has 1 aromatic rings. The molecule has 2 heteroatoms. The van der Waals surface area contributed by atoms with Gasteiger partial charge < -0.3 is 5.43 Å². The van der Waals surface area contributed by atoms with Gasteiger partial charge in [0.1, 0.15) is 0 Å². The van der Waals surface area contributed by atoms with E-state index in [-0.39, 0.29) is 0 Å². The van der Waals surface area contributed by atoms with Gasteiger partial charge >= 0.3 is 0 Å². The molecule has 0 radical (unpaired) electrons. The van der Waals surface area contributed by atoms with Crippen LogP contribution in [0.1, 0.15) is 5.56 Å². The van der Waals surface area contributed by atoms with Crippen molar-refractivity contribution in [1.29, 1.82) is 0 Å². The van der Waals surface area contributed by atoms with Crippen molar-refractivity contribution in [2.45, 2.75) is 6.92 Å². The molecule has 0 aliphatic rings. The molecule has 0 atom stereocenters. The van der Waals surface area contributed by atoms with E-state index in [2.05, 4.69) is 29.9 Å². The zero-order valence-corrected chi connectivity index (χ0v) is 6.31. The number of benzene rings is 1. The van der Waals surface area contributed by atoms with Crippen LogP contribution in [-0.4, -0.2) is 7.05 Å². The molecule has 10 heavy (non-hydrogen) atoms. The molecule has 1 rings (SSSR count). The molecule has 0 unspecified atom stereocenters. The highest BCUT2D eigenvalue weighted by molar-refractivity contribution is 5.43. The van der Waals surface area contributed by atoms with Gasteiger partial charge in [-0.1, -0.05) is 17.7 Å². The van der Waals surface area contributed by atoms with Gasteiger partial charge in [0.2, 0.25) is 0 Å². The standard InChI is InChI=1S/C8H12N2/c1-7-3-5-8(6-4-7)10-9-2/h3-6,9-10H,1-2H3. The normalized spacial score (nSPS) is 9.40. The smallest absolute Gasteiger partial charge is 0.0487 e. The summed E-state index contributed by atoms with van der Waals surface area (Å²) in [4.78, 5) is 0. The van der Waals surface area contributed by atoms with E-state index in [0.29, 0.717) is 0 Å². The Labute approximate surface area is 61.2 Å². The Balaban J connectivity index is 2.69. The van der Waals surface area contributed by atoms with Crippen molar-refractivity contribution in [2.24, 2.45) is 0 Å². The monoisotopic (exact) mass is 136 g/mol. The average Bonchev–Trinajstić information content (AvgIpc) is 1.95. The van der Waals surface area contributed by atoms with Gasteiger partial charge in [0.05, 0.1) is 0 Å². The predicted molar refractivity (Wildman–Crippen MR) is 43.9 cm³/mol. The van der Waals surface area contributed by atoms with Gasteiger partial charge in [-0.15, -0.1) is 0 Å². The molecule has 0 aliphatic heterocycles. The topological polar surface area (TPSA) is 24.1 Å². The van der Waals surface area contributed by atoms with Crippen LogP contribution in [0, 0.1) is 6.92 Å². The molecule has 0 bridgehead atoms. The Morgan fingerprint density at radius 1 is 1.10 bits per heavy atom. The fourth-order valence-corrected chi connectivity index (χ4v) is 0.781. The van der Waals surface area contributed by atoms with Crippen molar-refractivity contribution in [3.05, 3.63) is 29.8 Å². The summed E-state index contributed by atoms with van der Waals surface area (Å²) in [6, 6.07) is 8.21. The third-order valence-electron chi connectivity index (χ3n) is 1.32. The Morgan fingerprint density at radius 3 is 2.20 bits per heavy atom. The fourth-order valence-electron chi connectivity index (χ4n) is 0.781. The van der Waals surface area contributed by atoms with E-state index in [1.807, 2.05) is 19.2 Å². The fraction of sp³-hybridized carbons (Fsp3) is 0.250. The first kappa shape index (κ1) is 7.09. The van der Waals surface area contributed by atoms with Gasteiger partial charge in [0.25, 0.3) is 0 Å². The molecule has 0 saturated carbocycles. The third-order valence-corrected chi connectivity index (χ3v) is 1.32. The summed E-state index contributed by atoms with van der Waals surface area (Å²) in [5.74, 6) is 0. The van der Waals surface area contributed by atoms with Gasteiger partial charge in [-0.05, 0) is 19.1 Å². The van der Waals surface area contributed by atoms with Crippen molar-refractivity contribution < 1.29 is 0 Å². The maximum atomic E-state index is 2.98. The number of anilines is 1. The van der Waals surface area contributed by atoms with Crippen molar-refractivity contribution >= 4 is 5.69 Å². The highest BCUT2D eigenvalue weighted by Gasteiger charge is 1.85. The number of rotatable bonds is 2. The first-order chi connectivity index (χ1) is 4.83. The van der Waals surface area contributed by atoms with E-state index in [4.69, 9.17) is 0 Å². The molecule has 0 fully saturated rings. The number of hydrogen-bond donors (Lipinski definition) is 2. The second-order valence-corrected chi connectivity index (χ2v) is 2.24. The van der Waals surface area contributed by atoms with Crippen molar-refractivity contribution in [1.82, 2.24) is 5.43 Å². The van der Waals surface area contributed by atoms with Crippen LogP contribution in [0.5, 0.6) is 0 Å². The molecule has 0 aliphatic carbocycles. The Kier molecular flexibility index (Phi) is 2.29. The van der Waals surface area contributed by atoms with E-state index in [9.17, 15) is 0 Å². The van der Waals surface area contributed by atoms with Crippen LogP contribution in [0.4, 0.5) is 5.69 Å². The maximum absolute atomic E-state index is 2.98. The third kappa shape index (κ3) is 1.74. The van der Waals surface area contributed by atoms with Crippen molar-refractivity contribution in [2.75, 3.05) is 12.5 Å². The summed E-state index contributed by atoms with van der Waals surface area (Å²) in [5.41, 5.74) is 8.21. The summed E-state index contributed by atoms with van der Waals surface area (Å²) in [5, 5.41) is 0. The molecule has 1 aromatic carbocycles. The van der Waals surface area contributed by atoms with Crippen molar-refractivity contribution in [3.63, 3.8) is 0 Å². The summed E-state index contributed by atoms with van der Waals surface area (Å²) in [7, 11) is 1.85. The predicted octanol–water partition coefficient (Wildman–Crippen LogP) is 1.54. The quantitative estimate of drug-likeness (QED) is 0.603.